The predicted octanol–water partition coefficient (Wildman–Crippen LogP) is 0.672. The number of anilines is 2. The molecule has 1 aliphatic rings. The molecule has 12 heteroatoms. The van der Waals surface area contributed by atoms with E-state index in [1.807, 2.05) is 0 Å². The second-order valence-corrected chi connectivity index (χ2v) is 7.57. The number of nitrogens with zero attached hydrogens (tertiary/aromatic N) is 3. The molecule has 0 saturated carbocycles. The molecule has 0 atom stereocenters. The summed E-state index contributed by atoms with van der Waals surface area (Å²) in [6, 6.07) is 7.16. The van der Waals surface area contributed by atoms with Crippen molar-refractivity contribution in [1.29, 1.82) is 0 Å². The highest BCUT2D eigenvalue weighted by atomic mass is 32.2. The van der Waals surface area contributed by atoms with E-state index in [0.717, 1.165) is 0 Å². The van der Waals surface area contributed by atoms with Gasteiger partial charge in [-0.25, -0.2) is 32.7 Å². The van der Waals surface area contributed by atoms with Crippen molar-refractivity contribution in [3.8, 4) is 0 Å². The van der Waals surface area contributed by atoms with Crippen LogP contribution in [0.3, 0.4) is 0 Å². The van der Waals surface area contributed by atoms with Crippen LogP contribution in [0.5, 0.6) is 0 Å². The Labute approximate surface area is 172 Å². The molecule has 1 aromatic heterocycles. The van der Waals surface area contributed by atoms with Crippen LogP contribution in [0.1, 0.15) is 0 Å². The largest absolute Gasteiger partial charge is 0.466 e. The average molecular weight is 434 g/mol. The molecular weight excluding hydrogens is 416 g/mol. The van der Waals surface area contributed by atoms with Crippen LogP contribution in [0.25, 0.3) is 0 Å². The Morgan fingerprint density at radius 1 is 1.07 bits per heavy atom. The molecule has 0 saturated heterocycles. The topological polar surface area (TPSA) is 137 Å². The molecule has 0 spiro atoms. The van der Waals surface area contributed by atoms with Crippen molar-refractivity contribution in [3.05, 3.63) is 54.0 Å². The summed E-state index contributed by atoms with van der Waals surface area (Å²) in [7, 11) is -1.55. The van der Waals surface area contributed by atoms with Crippen molar-refractivity contribution < 1.29 is 32.2 Å². The molecule has 3 rings (SSSR count). The first-order chi connectivity index (χ1) is 14.4. The molecule has 0 fully saturated rings. The second-order valence-electron chi connectivity index (χ2n) is 5.89. The Bertz CT molecular complexity index is 1070. The average Bonchev–Trinajstić information content (AvgIpc) is 2.78. The number of methoxy groups -OCH3 is 2. The molecular formula is C18H18N4O7S. The van der Waals surface area contributed by atoms with Gasteiger partial charge in [0.15, 0.2) is 0 Å². The van der Waals surface area contributed by atoms with Crippen LogP contribution >= 0.6 is 0 Å². The Hall–Kier alpha value is -3.51. The van der Waals surface area contributed by atoms with Gasteiger partial charge in [-0.1, -0.05) is 0 Å². The highest BCUT2D eigenvalue weighted by Gasteiger charge is 2.32. The van der Waals surface area contributed by atoms with Gasteiger partial charge >= 0.3 is 11.9 Å². The zero-order valence-electron chi connectivity index (χ0n) is 16.1. The maximum Gasteiger partial charge on any atom is 0.355 e. The number of hydrogen-bond donors (Lipinski definition) is 1. The van der Waals surface area contributed by atoms with E-state index in [1.165, 1.54) is 55.8 Å². The minimum absolute atomic E-state index is 0.00445. The molecule has 0 aliphatic carbocycles. The lowest BCUT2D eigenvalue weighted by atomic mass is 10.1. The minimum atomic E-state index is -3.93. The van der Waals surface area contributed by atoms with Gasteiger partial charge in [0.25, 0.3) is 10.0 Å². The Balaban J connectivity index is 1.92. The summed E-state index contributed by atoms with van der Waals surface area (Å²) in [5.74, 6) is -1.55. The third-order valence-corrected chi connectivity index (χ3v) is 5.43. The zero-order chi connectivity index (χ0) is 21.7. The van der Waals surface area contributed by atoms with E-state index in [2.05, 4.69) is 14.7 Å². The van der Waals surface area contributed by atoms with Crippen LogP contribution in [-0.4, -0.2) is 57.9 Å². The fourth-order valence-electron chi connectivity index (χ4n) is 2.68. The van der Waals surface area contributed by atoms with Crippen LogP contribution in [0.2, 0.25) is 0 Å². The summed E-state index contributed by atoms with van der Waals surface area (Å²) < 4.78 is 42.2. The van der Waals surface area contributed by atoms with Crippen LogP contribution < -0.4 is 9.62 Å². The lowest BCUT2D eigenvalue weighted by Crippen LogP contribution is -2.38. The van der Waals surface area contributed by atoms with Crippen LogP contribution in [0.15, 0.2) is 58.9 Å². The Morgan fingerprint density at radius 3 is 2.30 bits per heavy atom. The molecule has 1 N–H and O–H groups in total. The van der Waals surface area contributed by atoms with Gasteiger partial charge in [-0.05, 0) is 30.3 Å². The van der Waals surface area contributed by atoms with E-state index in [0.29, 0.717) is 5.69 Å². The predicted molar refractivity (Wildman–Crippen MR) is 104 cm³/mol. The molecule has 0 radical (unpaired) electrons. The summed E-state index contributed by atoms with van der Waals surface area (Å²) in [5.41, 5.74) is 0.364. The molecule has 11 nitrogen and oxygen atoms in total. The Morgan fingerprint density at radius 2 is 1.70 bits per heavy atom. The lowest BCUT2D eigenvalue weighted by molar-refractivity contribution is -0.140. The minimum Gasteiger partial charge on any atom is -0.466 e. The molecule has 0 bridgehead atoms. The number of carbonyl (C=O) groups is 2. The van der Waals surface area contributed by atoms with Crippen molar-refractivity contribution in [3.63, 3.8) is 0 Å². The summed E-state index contributed by atoms with van der Waals surface area (Å²) in [6.07, 6.45) is 2.81. The highest BCUT2D eigenvalue weighted by molar-refractivity contribution is 7.92. The SMILES string of the molecule is COC(=O)C1=C(C(=O)OC)N(c2ccc(S(=O)(=O)Nc3ncccn3)cc2)COC1. The molecule has 0 unspecified atom stereocenters. The molecule has 1 aromatic carbocycles. The number of rotatable bonds is 6. The molecule has 0 amide bonds. The number of sulfonamides is 1. The summed E-state index contributed by atoms with van der Waals surface area (Å²) >= 11 is 0. The normalized spacial score (nSPS) is 14.3. The molecule has 2 heterocycles. The van der Waals surface area contributed by atoms with Gasteiger partial charge in [0.05, 0.1) is 31.3 Å². The monoisotopic (exact) mass is 434 g/mol. The summed E-state index contributed by atoms with van der Waals surface area (Å²) in [4.78, 5) is 33.3. The maximum absolute atomic E-state index is 12.5. The highest BCUT2D eigenvalue weighted by Crippen LogP contribution is 2.28. The molecule has 30 heavy (non-hydrogen) atoms. The van der Waals surface area contributed by atoms with E-state index in [-0.39, 0.29) is 35.5 Å². The standard InChI is InChI=1S/C18H18N4O7S/c1-27-16(23)14-10-29-11-22(15(14)17(24)28-2)12-4-6-13(7-5-12)30(25,26)21-18-19-8-3-9-20-18/h3-9H,10-11H2,1-2H3,(H,19,20,21). The van der Waals surface area contributed by atoms with Crippen LogP contribution in [-0.2, 0) is 33.8 Å². The molecule has 1 aliphatic heterocycles. The quantitative estimate of drug-likeness (QED) is 0.646. The molecule has 158 valence electrons. The van der Waals surface area contributed by atoms with Crippen LogP contribution in [0, 0.1) is 0 Å². The summed E-state index contributed by atoms with van der Waals surface area (Å²) in [6.45, 7) is -0.172. The van der Waals surface area contributed by atoms with E-state index >= 15 is 0 Å². The number of benzene rings is 1. The smallest absolute Gasteiger partial charge is 0.355 e. The van der Waals surface area contributed by atoms with Crippen molar-refractivity contribution >= 4 is 33.6 Å². The first kappa shape index (κ1) is 21.2. The first-order valence-corrected chi connectivity index (χ1v) is 10.0. The number of carbonyl (C=O) groups excluding carboxylic acids is 2. The maximum atomic E-state index is 12.5. The van der Waals surface area contributed by atoms with E-state index in [4.69, 9.17) is 14.2 Å². The van der Waals surface area contributed by atoms with Gasteiger partial charge in [0, 0.05) is 18.1 Å². The number of aromatic nitrogens is 2. The zero-order valence-corrected chi connectivity index (χ0v) is 16.9. The fraction of sp³-hybridized carbons (Fsp3) is 0.222. The van der Waals surface area contributed by atoms with E-state index in [9.17, 15) is 18.0 Å². The number of nitrogens with one attached hydrogen (secondary N) is 1. The van der Waals surface area contributed by atoms with Crippen molar-refractivity contribution in [2.24, 2.45) is 0 Å². The van der Waals surface area contributed by atoms with Gasteiger partial charge in [-0.3, -0.25) is 0 Å². The third kappa shape index (κ3) is 4.39. The fourth-order valence-corrected chi connectivity index (χ4v) is 3.64. The second kappa shape index (κ2) is 8.88. The number of esters is 2. The van der Waals surface area contributed by atoms with Crippen molar-refractivity contribution in [2.75, 3.05) is 37.2 Å². The van der Waals surface area contributed by atoms with Crippen molar-refractivity contribution in [2.45, 2.75) is 4.90 Å². The first-order valence-electron chi connectivity index (χ1n) is 8.52. The van der Waals surface area contributed by atoms with E-state index in [1.54, 1.807) is 6.07 Å². The van der Waals surface area contributed by atoms with Gasteiger partial charge in [-0.2, -0.15) is 0 Å². The van der Waals surface area contributed by atoms with Crippen LogP contribution in [0.4, 0.5) is 11.6 Å². The van der Waals surface area contributed by atoms with Gasteiger partial charge in [0.2, 0.25) is 5.95 Å². The number of ether oxygens (including phenoxy) is 3. The Kier molecular flexibility index (Phi) is 6.28. The van der Waals surface area contributed by atoms with Gasteiger partial charge in [-0.15, -0.1) is 0 Å². The third-order valence-electron chi connectivity index (χ3n) is 4.08. The van der Waals surface area contributed by atoms with Gasteiger partial charge in [0.1, 0.15) is 12.4 Å². The molecule has 2 aromatic rings. The summed E-state index contributed by atoms with van der Waals surface area (Å²) in [5, 5.41) is 0. The number of hydrogen-bond acceptors (Lipinski definition) is 10. The van der Waals surface area contributed by atoms with E-state index < -0.39 is 22.0 Å². The lowest BCUT2D eigenvalue weighted by Gasteiger charge is -2.31. The van der Waals surface area contributed by atoms with Gasteiger partial charge < -0.3 is 19.1 Å². The van der Waals surface area contributed by atoms with Crippen molar-refractivity contribution in [1.82, 2.24) is 9.97 Å².